The summed E-state index contributed by atoms with van der Waals surface area (Å²) in [6, 6.07) is 2.59. The standard InChI is InChI=1S/C24H28BrFN4O4/c1-13-20(10-17-16-8-14(26)9-18(25)22(16)28-23(17)32)27-19-2-3-30(24(33)21(13)19)12-15(31)11-29-4-6-34-7-5-29/h8-10,15,19,21,27,31H,2-7,11-12H2,1H3,(H,28,32)/b17-10-/t15-,19?,21?/m1/s1. The van der Waals surface area contributed by atoms with E-state index >= 15 is 0 Å². The second kappa shape index (κ2) is 9.41. The van der Waals surface area contributed by atoms with Crippen molar-refractivity contribution in [3.05, 3.63) is 45.3 Å². The quantitative estimate of drug-likeness (QED) is 0.498. The number of halogens is 2. The third-order valence-electron chi connectivity index (χ3n) is 7.04. The van der Waals surface area contributed by atoms with Gasteiger partial charge in [0.05, 0.1) is 36.5 Å². The van der Waals surface area contributed by atoms with Gasteiger partial charge in [0.15, 0.2) is 0 Å². The maximum absolute atomic E-state index is 14.0. The summed E-state index contributed by atoms with van der Waals surface area (Å²) in [6.45, 7) is 6.18. The van der Waals surface area contributed by atoms with Crippen LogP contribution in [0.1, 0.15) is 18.9 Å². The summed E-state index contributed by atoms with van der Waals surface area (Å²) in [5.41, 5.74) is 2.97. The first-order chi connectivity index (χ1) is 16.3. The number of morpholine rings is 1. The number of allylic oxidation sites excluding steroid dienone is 1. The van der Waals surface area contributed by atoms with E-state index in [0.717, 1.165) is 30.8 Å². The third kappa shape index (κ3) is 4.39. The number of ether oxygens (including phenoxy) is 1. The number of hydrogen-bond donors (Lipinski definition) is 3. The van der Waals surface area contributed by atoms with E-state index in [1.165, 1.54) is 12.1 Å². The van der Waals surface area contributed by atoms with Gasteiger partial charge in [0.1, 0.15) is 5.82 Å². The van der Waals surface area contributed by atoms with Gasteiger partial charge in [0.2, 0.25) is 5.91 Å². The molecule has 0 spiro atoms. The second-order valence-corrected chi connectivity index (χ2v) is 10.1. The fourth-order valence-electron chi connectivity index (χ4n) is 5.30. The Morgan fingerprint density at radius 2 is 2.03 bits per heavy atom. The zero-order chi connectivity index (χ0) is 24.0. The SMILES string of the molecule is CC1=C(/C=C2\C(=O)Nc3c(Br)cc(F)cc32)NC2CCN(C[C@H](O)CN3CCOCC3)C(=O)C12. The van der Waals surface area contributed by atoms with Crippen LogP contribution < -0.4 is 10.6 Å². The van der Waals surface area contributed by atoms with Crippen LogP contribution >= 0.6 is 15.9 Å². The van der Waals surface area contributed by atoms with Gasteiger partial charge in [-0.1, -0.05) is 0 Å². The highest BCUT2D eigenvalue weighted by Gasteiger charge is 2.43. The number of carbonyl (C=O) groups excluding carboxylic acids is 2. The monoisotopic (exact) mass is 534 g/mol. The van der Waals surface area contributed by atoms with Crippen LogP contribution in [0.3, 0.4) is 0 Å². The highest BCUT2D eigenvalue weighted by Crippen LogP contribution is 2.40. The first-order valence-electron chi connectivity index (χ1n) is 11.6. The van der Waals surface area contributed by atoms with Gasteiger partial charge in [-0.15, -0.1) is 0 Å². The van der Waals surface area contributed by atoms with E-state index in [9.17, 15) is 19.1 Å². The largest absolute Gasteiger partial charge is 0.390 e. The van der Waals surface area contributed by atoms with E-state index in [0.29, 0.717) is 54.1 Å². The Morgan fingerprint density at radius 1 is 1.26 bits per heavy atom. The molecule has 2 fully saturated rings. The average molecular weight is 535 g/mol. The second-order valence-electron chi connectivity index (χ2n) is 9.29. The Labute approximate surface area is 205 Å². The van der Waals surface area contributed by atoms with Crippen LogP contribution in [0.5, 0.6) is 0 Å². The van der Waals surface area contributed by atoms with Crippen molar-refractivity contribution >= 4 is 39.0 Å². The number of aliphatic hydroxyl groups is 1. The van der Waals surface area contributed by atoms with Gasteiger partial charge in [-0.2, -0.15) is 0 Å². The molecule has 4 heterocycles. The predicted molar refractivity (Wildman–Crippen MR) is 128 cm³/mol. The van der Waals surface area contributed by atoms with Crippen molar-refractivity contribution < 1.29 is 23.8 Å². The number of nitrogens with zero attached hydrogens (tertiary/aromatic N) is 2. The minimum atomic E-state index is -0.620. The zero-order valence-electron chi connectivity index (χ0n) is 18.9. The highest BCUT2D eigenvalue weighted by molar-refractivity contribution is 9.10. The number of β-amino-alcohol motifs (C(OH)–C–C–N with tert-alkyl or cyclic N) is 1. The Kier molecular flexibility index (Phi) is 6.49. The number of rotatable bonds is 5. The summed E-state index contributed by atoms with van der Waals surface area (Å²) in [6.07, 6.45) is 1.84. The average Bonchev–Trinajstić information content (AvgIpc) is 3.28. The lowest BCUT2D eigenvalue weighted by Crippen LogP contribution is -2.53. The number of carbonyl (C=O) groups is 2. The number of likely N-dealkylation sites (tertiary alicyclic amines) is 1. The van der Waals surface area contributed by atoms with Gasteiger partial charge in [0, 0.05) is 54.5 Å². The number of hydrogen-bond acceptors (Lipinski definition) is 6. The minimum Gasteiger partial charge on any atom is -0.390 e. The normalized spacial score (nSPS) is 27.1. The lowest BCUT2D eigenvalue weighted by Gasteiger charge is -2.37. The van der Waals surface area contributed by atoms with E-state index in [1.807, 2.05) is 6.92 Å². The van der Waals surface area contributed by atoms with Gasteiger partial charge in [-0.3, -0.25) is 14.5 Å². The molecule has 0 bridgehead atoms. The minimum absolute atomic E-state index is 0.0132. The van der Waals surface area contributed by atoms with Crippen molar-refractivity contribution in [3.8, 4) is 0 Å². The van der Waals surface area contributed by atoms with E-state index in [4.69, 9.17) is 4.74 Å². The maximum Gasteiger partial charge on any atom is 0.256 e. The number of aliphatic hydroxyl groups excluding tert-OH is 1. The lowest BCUT2D eigenvalue weighted by atomic mass is 9.88. The van der Waals surface area contributed by atoms with E-state index < -0.39 is 11.9 Å². The van der Waals surface area contributed by atoms with Crippen molar-refractivity contribution in [1.29, 1.82) is 0 Å². The summed E-state index contributed by atoms with van der Waals surface area (Å²) < 4.78 is 19.8. The highest BCUT2D eigenvalue weighted by atomic mass is 79.9. The van der Waals surface area contributed by atoms with Gasteiger partial charge < -0.3 is 25.4 Å². The van der Waals surface area contributed by atoms with E-state index in [2.05, 4.69) is 31.5 Å². The fraction of sp³-hybridized carbons (Fsp3) is 0.500. The summed E-state index contributed by atoms with van der Waals surface area (Å²) in [7, 11) is 0. The van der Waals surface area contributed by atoms with Gasteiger partial charge >= 0.3 is 0 Å². The summed E-state index contributed by atoms with van der Waals surface area (Å²) >= 11 is 3.30. The Balaban J connectivity index is 1.32. The third-order valence-corrected chi connectivity index (χ3v) is 7.67. The predicted octanol–water partition coefficient (Wildman–Crippen LogP) is 1.71. The molecule has 182 valence electrons. The Morgan fingerprint density at radius 3 is 2.79 bits per heavy atom. The topological polar surface area (TPSA) is 94.1 Å². The zero-order valence-corrected chi connectivity index (χ0v) is 20.5. The molecule has 1 aromatic carbocycles. The summed E-state index contributed by atoms with van der Waals surface area (Å²) in [5.74, 6) is -1.11. The molecule has 8 nitrogen and oxygen atoms in total. The lowest BCUT2D eigenvalue weighted by molar-refractivity contribution is -0.139. The molecule has 2 saturated heterocycles. The van der Waals surface area contributed by atoms with Crippen molar-refractivity contribution in [3.63, 3.8) is 0 Å². The molecule has 4 aliphatic heterocycles. The molecular formula is C24H28BrFN4O4. The van der Waals surface area contributed by atoms with Crippen molar-refractivity contribution in [2.75, 3.05) is 51.3 Å². The Bertz CT molecular complexity index is 1080. The molecule has 0 aromatic heterocycles. The van der Waals surface area contributed by atoms with Gasteiger partial charge in [0.25, 0.3) is 5.91 Å². The molecule has 34 heavy (non-hydrogen) atoms. The number of fused-ring (bicyclic) bond motifs is 2. The molecule has 1 aromatic rings. The van der Waals surface area contributed by atoms with Crippen LogP contribution in [-0.4, -0.2) is 84.8 Å². The van der Waals surface area contributed by atoms with E-state index in [-0.39, 0.29) is 23.8 Å². The molecule has 0 radical (unpaired) electrons. The number of piperidine rings is 1. The van der Waals surface area contributed by atoms with Crippen LogP contribution in [0.2, 0.25) is 0 Å². The molecule has 3 atom stereocenters. The molecule has 0 saturated carbocycles. The molecule has 4 aliphatic rings. The van der Waals surface area contributed by atoms with Crippen LogP contribution in [0, 0.1) is 11.7 Å². The molecular weight excluding hydrogens is 507 g/mol. The molecule has 2 unspecified atom stereocenters. The fourth-order valence-corrected chi connectivity index (χ4v) is 5.83. The molecule has 3 N–H and O–H groups in total. The van der Waals surface area contributed by atoms with Crippen LogP contribution in [0.15, 0.2) is 34.0 Å². The number of anilines is 1. The smallest absolute Gasteiger partial charge is 0.256 e. The van der Waals surface area contributed by atoms with Crippen molar-refractivity contribution in [1.82, 2.24) is 15.1 Å². The first-order valence-corrected chi connectivity index (χ1v) is 12.4. The maximum atomic E-state index is 14.0. The van der Waals surface area contributed by atoms with Crippen molar-refractivity contribution in [2.24, 2.45) is 5.92 Å². The number of nitrogens with one attached hydrogen (secondary N) is 2. The Hall–Kier alpha value is -2.27. The first kappa shape index (κ1) is 23.5. The number of benzene rings is 1. The molecule has 2 amide bonds. The van der Waals surface area contributed by atoms with Gasteiger partial charge in [-0.25, -0.2) is 4.39 Å². The molecule has 0 aliphatic carbocycles. The van der Waals surface area contributed by atoms with Crippen molar-refractivity contribution in [2.45, 2.75) is 25.5 Å². The van der Waals surface area contributed by atoms with E-state index in [1.54, 1.807) is 11.0 Å². The molecule has 10 heteroatoms. The van der Waals surface area contributed by atoms with Gasteiger partial charge in [-0.05, 0) is 53.1 Å². The number of amides is 2. The van der Waals surface area contributed by atoms with Crippen LogP contribution in [0.25, 0.3) is 5.57 Å². The summed E-state index contributed by atoms with van der Waals surface area (Å²) in [5, 5.41) is 16.8. The van der Waals surface area contributed by atoms with Crippen LogP contribution in [-0.2, 0) is 14.3 Å². The summed E-state index contributed by atoms with van der Waals surface area (Å²) in [4.78, 5) is 29.9. The molecule has 5 rings (SSSR count). The van der Waals surface area contributed by atoms with Crippen LogP contribution in [0.4, 0.5) is 10.1 Å².